The summed E-state index contributed by atoms with van der Waals surface area (Å²) in [6.45, 7) is 8.64. The number of fused-ring (bicyclic) bond motifs is 2. The predicted molar refractivity (Wildman–Crippen MR) is 180 cm³/mol. The van der Waals surface area contributed by atoms with E-state index in [1.165, 1.54) is 42.4 Å². The number of pyridine rings is 2. The highest BCUT2D eigenvalue weighted by atomic mass is 19.4. The summed E-state index contributed by atoms with van der Waals surface area (Å²) in [7, 11) is 2.93. The molecule has 0 saturated heterocycles. The zero-order valence-electron chi connectivity index (χ0n) is 29.2. The van der Waals surface area contributed by atoms with Crippen molar-refractivity contribution < 1.29 is 49.3 Å². The number of aromatic nitrogens is 4. The summed E-state index contributed by atoms with van der Waals surface area (Å²) >= 11 is 0. The molecular formula is C37H36F8N4O3. The van der Waals surface area contributed by atoms with Crippen LogP contribution in [0.4, 0.5) is 35.1 Å². The number of alkyl halides is 8. The molecule has 52 heavy (non-hydrogen) atoms. The predicted octanol–water partition coefficient (Wildman–Crippen LogP) is 10.9. The first-order valence-corrected chi connectivity index (χ1v) is 15.8. The van der Waals surface area contributed by atoms with Crippen LogP contribution in [0.25, 0.3) is 33.3 Å². The third kappa shape index (κ3) is 8.99. The number of hydrogen-bond donors (Lipinski definition) is 0. The molecule has 0 unspecified atom stereocenters. The Hall–Kier alpha value is -5.18. The second kappa shape index (κ2) is 15.2. The second-order valence-electron chi connectivity index (χ2n) is 11.7. The van der Waals surface area contributed by atoms with E-state index in [-0.39, 0.29) is 5.75 Å². The molecule has 278 valence electrons. The highest BCUT2D eigenvalue weighted by Crippen LogP contribution is 2.37. The molecule has 0 spiro atoms. The fourth-order valence-corrected chi connectivity index (χ4v) is 5.13. The zero-order valence-corrected chi connectivity index (χ0v) is 29.2. The van der Waals surface area contributed by atoms with Gasteiger partial charge in [0.25, 0.3) is 0 Å². The van der Waals surface area contributed by atoms with E-state index in [9.17, 15) is 35.1 Å². The molecule has 0 aliphatic carbocycles. The Morgan fingerprint density at radius 3 is 1.65 bits per heavy atom. The van der Waals surface area contributed by atoms with E-state index < -0.39 is 41.5 Å². The Labute approximate surface area is 294 Å². The third-order valence-corrected chi connectivity index (χ3v) is 7.84. The maximum atomic E-state index is 13.7. The van der Waals surface area contributed by atoms with Crippen molar-refractivity contribution >= 4 is 11.0 Å². The number of rotatable bonds is 7. The van der Waals surface area contributed by atoms with E-state index in [1.807, 2.05) is 52.0 Å². The first-order chi connectivity index (χ1) is 24.3. The Morgan fingerprint density at radius 2 is 1.13 bits per heavy atom. The van der Waals surface area contributed by atoms with E-state index in [0.29, 0.717) is 27.7 Å². The van der Waals surface area contributed by atoms with Gasteiger partial charge < -0.3 is 14.2 Å². The first-order valence-electron chi connectivity index (χ1n) is 15.8. The van der Waals surface area contributed by atoms with E-state index in [4.69, 9.17) is 9.47 Å². The SMILES string of the molecule is CC.COC(C)(C)c1ccc(-c2ccc3cnc(C(F)(F)F)n3c2)cc1.COc1cc(OC(F)(F)F)ccc1-c1ccc2cnc(C(C)(F)F)n2c1. The summed E-state index contributed by atoms with van der Waals surface area (Å²) in [5.74, 6) is -4.85. The highest BCUT2D eigenvalue weighted by molar-refractivity contribution is 5.73. The molecule has 0 saturated carbocycles. The second-order valence-corrected chi connectivity index (χ2v) is 11.7. The smallest absolute Gasteiger partial charge is 0.496 e. The van der Waals surface area contributed by atoms with Crippen LogP contribution in [-0.4, -0.2) is 39.4 Å². The van der Waals surface area contributed by atoms with Gasteiger partial charge in [0, 0.05) is 43.6 Å². The molecule has 6 aromatic rings. The molecule has 0 amide bonds. The van der Waals surface area contributed by atoms with Gasteiger partial charge in [-0.15, -0.1) is 13.2 Å². The maximum absolute atomic E-state index is 13.7. The average molecular weight is 737 g/mol. The molecule has 4 heterocycles. The molecule has 6 rings (SSSR count). The third-order valence-electron chi connectivity index (χ3n) is 7.84. The Morgan fingerprint density at radius 1 is 0.615 bits per heavy atom. The van der Waals surface area contributed by atoms with Gasteiger partial charge in [0.15, 0.2) is 5.82 Å². The topological polar surface area (TPSA) is 62.3 Å². The minimum Gasteiger partial charge on any atom is -0.496 e. The van der Waals surface area contributed by atoms with Crippen LogP contribution in [0.2, 0.25) is 0 Å². The van der Waals surface area contributed by atoms with Crippen molar-refractivity contribution in [1.29, 1.82) is 0 Å². The summed E-state index contributed by atoms with van der Waals surface area (Å²) in [4.78, 5) is 7.22. The van der Waals surface area contributed by atoms with Crippen LogP contribution in [0.5, 0.6) is 11.5 Å². The molecule has 4 aromatic heterocycles. The number of benzene rings is 2. The number of imidazole rings is 2. The number of ether oxygens (including phenoxy) is 3. The lowest BCUT2D eigenvalue weighted by atomic mass is 9.95. The maximum Gasteiger partial charge on any atom is 0.573 e. The van der Waals surface area contributed by atoms with Crippen molar-refractivity contribution in [2.24, 2.45) is 0 Å². The Kier molecular flexibility index (Phi) is 11.6. The van der Waals surface area contributed by atoms with Gasteiger partial charge in [-0.05, 0) is 54.8 Å². The van der Waals surface area contributed by atoms with Crippen molar-refractivity contribution in [2.45, 2.75) is 58.7 Å². The highest BCUT2D eigenvalue weighted by Gasteiger charge is 2.36. The molecule has 0 fully saturated rings. The summed E-state index contributed by atoms with van der Waals surface area (Å²) in [6.07, 6.45) is -3.90. The minimum atomic E-state index is -4.83. The monoisotopic (exact) mass is 736 g/mol. The van der Waals surface area contributed by atoms with Crippen molar-refractivity contribution in [1.82, 2.24) is 18.8 Å². The lowest BCUT2D eigenvalue weighted by Gasteiger charge is -2.23. The molecule has 0 N–H and O–H groups in total. The van der Waals surface area contributed by atoms with Crippen molar-refractivity contribution in [3.8, 4) is 33.8 Å². The van der Waals surface area contributed by atoms with E-state index in [0.717, 1.165) is 34.6 Å². The van der Waals surface area contributed by atoms with E-state index in [2.05, 4.69) is 14.7 Å². The summed E-state index contributed by atoms with van der Waals surface area (Å²) in [6, 6.07) is 17.8. The van der Waals surface area contributed by atoms with Crippen molar-refractivity contribution in [3.63, 3.8) is 0 Å². The van der Waals surface area contributed by atoms with Gasteiger partial charge in [-0.1, -0.05) is 50.2 Å². The lowest BCUT2D eigenvalue weighted by Crippen LogP contribution is -2.19. The van der Waals surface area contributed by atoms with Gasteiger partial charge in [-0.25, -0.2) is 9.97 Å². The normalized spacial score (nSPS) is 12.2. The largest absolute Gasteiger partial charge is 0.573 e. The first kappa shape index (κ1) is 39.6. The van der Waals surface area contributed by atoms with Crippen LogP contribution in [0.3, 0.4) is 0 Å². The number of nitrogens with zero attached hydrogens (tertiary/aromatic N) is 4. The van der Waals surface area contributed by atoms with Crippen molar-refractivity contribution in [3.05, 3.63) is 109 Å². The van der Waals surface area contributed by atoms with Gasteiger partial charge in [0.1, 0.15) is 11.5 Å². The summed E-state index contributed by atoms with van der Waals surface area (Å²) in [5.41, 5.74) is 3.84. The lowest BCUT2D eigenvalue weighted by molar-refractivity contribution is -0.274. The van der Waals surface area contributed by atoms with Gasteiger partial charge in [0.2, 0.25) is 5.82 Å². The van der Waals surface area contributed by atoms with E-state index >= 15 is 0 Å². The summed E-state index contributed by atoms with van der Waals surface area (Å²) in [5, 5.41) is 0. The summed E-state index contributed by atoms with van der Waals surface area (Å²) < 4.78 is 120. The fourth-order valence-electron chi connectivity index (χ4n) is 5.13. The molecule has 7 nitrogen and oxygen atoms in total. The molecule has 0 aliphatic rings. The van der Waals surface area contributed by atoms with E-state index in [1.54, 1.807) is 31.4 Å². The molecule has 0 bridgehead atoms. The van der Waals surface area contributed by atoms with Crippen molar-refractivity contribution in [2.75, 3.05) is 14.2 Å². The molecular weight excluding hydrogens is 700 g/mol. The Bertz CT molecular complexity index is 2110. The molecule has 0 aliphatic heterocycles. The van der Waals surface area contributed by atoms with Crippen LogP contribution in [-0.2, 0) is 22.4 Å². The van der Waals surface area contributed by atoms with Crippen LogP contribution in [0, 0.1) is 0 Å². The zero-order chi connectivity index (χ0) is 38.6. The quantitative estimate of drug-likeness (QED) is 0.153. The average Bonchev–Trinajstić information content (AvgIpc) is 3.73. The standard InChI is InChI=1S/C18H17F3N2O.C17H13F5N2O2.C2H6/c1-17(2,24-3)14-7-4-12(5-8-14)13-6-9-15-10-22-16(18(19,20)21)23(15)11-13;1-16(18,19)15-23-8-11-4-3-10(9-24(11)15)13-6-5-12(7-14(13)25-2)26-17(20,21)22;1-2/h4-11H,1-3H3;3-9H,1-2H3;1-2H3. The van der Waals surface area contributed by atoms with Crippen LogP contribution >= 0.6 is 0 Å². The molecule has 2 aromatic carbocycles. The minimum absolute atomic E-state index is 0.107. The number of hydrogen-bond acceptors (Lipinski definition) is 5. The molecule has 0 radical (unpaired) electrons. The molecule has 15 heteroatoms. The number of methoxy groups -OCH3 is 2. The number of halogens is 8. The van der Waals surface area contributed by atoms with Gasteiger partial charge in [0.05, 0.1) is 36.1 Å². The Balaban J connectivity index is 0.000000223. The van der Waals surface area contributed by atoms with Crippen LogP contribution in [0.15, 0.2) is 91.5 Å². The van der Waals surface area contributed by atoms with Crippen LogP contribution < -0.4 is 9.47 Å². The molecule has 0 atom stereocenters. The van der Waals surface area contributed by atoms with Gasteiger partial charge in [-0.3, -0.25) is 8.80 Å². The van der Waals surface area contributed by atoms with Gasteiger partial charge in [-0.2, -0.15) is 22.0 Å². The van der Waals surface area contributed by atoms with Gasteiger partial charge >= 0.3 is 18.5 Å². The fraction of sp³-hybridized carbons (Fsp3) is 0.297. The van der Waals surface area contributed by atoms with Crippen LogP contribution in [0.1, 0.15) is 51.8 Å².